The lowest BCUT2D eigenvalue weighted by Gasteiger charge is -2.45. The number of aryl methyl sites for hydroxylation is 1. The Balaban J connectivity index is 1.77. The molecule has 6 heteroatoms. The Morgan fingerprint density at radius 3 is 2.73 bits per heavy atom. The van der Waals surface area contributed by atoms with Crippen molar-refractivity contribution in [2.45, 2.75) is 25.4 Å². The van der Waals surface area contributed by atoms with E-state index >= 15 is 0 Å². The van der Waals surface area contributed by atoms with E-state index in [2.05, 4.69) is 11.1 Å². The number of hydrogen-bond acceptors (Lipinski definition) is 3. The van der Waals surface area contributed by atoms with Gasteiger partial charge in [-0.25, -0.2) is 0 Å². The van der Waals surface area contributed by atoms with Crippen LogP contribution in [0.2, 0.25) is 0 Å². The van der Waals surface area contributed by atoms with Crippen molar-refractivity contribution in [3.63, 3.8) is 0 Å². The molecule has 5 rings (SSSR count). The van der Waals surface area contributed by atoms with Gasteiger partial charge in [0, 0.05) is 24.4 Å². The predicted octanol–water partition coefficient (Wildman–Crippen LogP) is 2.38. The number of benzene rings is 1. The van der Waals surface area contributed by atoms with Gasteiger partial charge in [0.15, 0.2) is 0 Å². The lowest BCUT2D eigenvalue weighted by molar-refractivity contribution is -0.157. The van der Waals surface area contributed by atoms with Crippen LogP contribution in [0.3, 0.4) is 0 Å². The van der Waals surface area contributed by atoms with Crippen LogP contribution in [0.25, 0.3) is 10.9 Å². The minimum absolute atomic E-state index is 0.0196. The smallest absolute Gasteiger partial charge is 0.245 e. The van der Waals surface area contributed by atoms with Crippen LogP contribution in [0.15, 0.2) is 40.8 Å². The standard InChI is InChI=1S/C20H19N3O3/c1-11-7-8-16(26-11)19-18-13(12-5-3-4-6-14(12)21-18)9-15-20(25)22(2)10-17(24)23(15)19/h3-8,15,19,21H,9-10H2,1-2H3/t15-,19-/m1/s1. The summed E-state index contributed by atoms with van der Waals surface area (Å²) in [5.74, 6) is 1.40. The summed E-state index contributed by atoms with van der Waals surface area (Å²) in [5, 5.41) is 1.10. The molecule has 2 aromatic heterocycles. The Hall–Kier alpha value is -3.02. The number of carbonyl (C=O) groups is 2. The molecular formula is C20H19N3O3. The number of rotatable bonds is 1. The minimum atomic E-state index is -0.497. The second-order valence-electron chi connectivity index (χ2n) is 7.13. The van der Waals surface area contributed by atoms with Crippen LogP contribution in [-0.4, -0.2) is 46.2 Å². The number of carbonyl (C=O) groups excluding carboxylic acids is 2. The Kier molecular flexibility index (Phi) is 3.07. The van der Waals surface area contributed by atoms with Gasteiger partial charge in [-0.15, -0.1) is 0 Å². The summed E-state index contributed by atoms with van der Waals surface area (Å²) in [4.78, 5) is 32.4. The summed E-state index contributed by atoms with van der Waals surface area (Å²) in [6, 6.07) is 10.9. The molecule has 2 atom stereocenters. The van der Waals surface area contributed by atoms with Crippen LogP contribution in [-0.2, 0) is 16.0 Å². The van der Waals surface area contributed by atoms with Gasteiger partial charge < -0.3 is 19.2 Å². The molecule has 0 bridgehead atoms. The average Bonchev–Trinajstić information content (AvgIpc) is 3.21. The molecule has 0 radical (unpaired) electrons. The summed E-state index contributed by atoms with van der Waals surface area (Å²) in [6.07, 6.45) is 0.518. The number of furan rings is 1. The lowest BCUT2D eigenvalue weighted by Crippen LogP contribution is -2.62. The molecule has 2 amide bonds. The predicted molar refractivity (Wildman–Crippen MR) is 95.6 cm³/mol. The van der Waals surface area contributed by atoms with Gasteiger partial charge in [0.25, 0.3) is 0 Å². The Morgan fingerprint density at radius 1 is 1.15 bits per heavy atom. The zero-order valence-corrected chi connectivity index (χ0v) is 14.7. The van der Waals surface area contributed by atoms with E-state index in [1.54, 1.807) is 11.9 Å². The molecule has 1 saturated heterocycles. The van der Waals surface area contributed by atoms with Gasteiger partial charge >= 0.3 is 0 Å². The van der Waals surface area contributed by atoms with E-state index in [9.17, 15) is 9.59 Å². The molecular weight excluding hydrogens is 330 g/mol. The van der Waals surface area contributed by atoms with Crippen molar-refractivity contribution in [3.05, 3.63) is 59.2 Å². The quantitative estimate of drug-likeness (QED) is 0.733. The van der Waals surface area contributed by atoms with Crippen molar-refractivity contribution < 1.29 is 14.0 Å². The van der Waals surface area contributed by atoms with Crippen molar-refractivity contribution in [1.82, 2.24) is 14.8 Å². The topological polar surface area (TPSA) is 69.6 Å². The van der Waals surface area contributed by atoms with E-state index in [0.29, 0.717) is 12.2 Å². The van der Waals surface area contributed by atoms with E-state index in [4.69, 9.17) is 4.42 Å². The summed E-state index contributed by atoms with van der Waals surface area (Å²) in [6.45, 7) is 1.98. The van der Waals surface area contributed by atoms with E-state index < -0.39 is 12.1 Å². The highest BCUT2D eigenvalue weighted by molar-refractivity contribution is 5.97. The van der Waals surface area contributed by atoms with Crippen LogP contribution in [0, 0.1) is 6.92 Å². The minimum Gasteiger partial charge on any atom is -0.464 e. The molecule has 1 fully saturated rings. The first kappa shape index (κ1) is 15.3. The number of aromatic nitrogens is 1. The lowest BCUT2D eigenvalue weighted by atomic mass is 9.88. The van der Waals surface area contributed by atoms with Gasteiger partial charge in [0.2, 0.25) is 11.8 Å². The monoisotopic (exact) mass is 349 g/mol. The fraction of sp³-hybridized carbons (Fsp3) is 0.300. The number of para-hydroxylation sites is 1. The number of amides is 2. The Morgan fingerprint density at radius 2 is 1.96 bits per heavy atom. The van der Waals surface area contributed by atoms with E-state index in [0.717, 1.165) is 27.9 Å². The second-order valence-corrected chi connectivity index (χ2v) is 7.13. The van der Waals surface area contributed by atoms with Crippen LogP contribution < -0.4 is 0 Å². The maximum absolute atomic E-state index is 12.9. The van der Waals surface area contributed by atoms with Crippen molar-refractivity contribution in [3.8, 4) is 0 Å². The molecule has 2 aliphatic rings. The number of hydrogen-bond donors (Lipinski definition) is 1. The third kappa shape index (κ3) is 1.98. The number of likely N-dealkylation sites (N-methyl/N-ethyl adjacent to an activating group) is 1. The number of piperazine rings is 1. The highest BCUT2D eigenvalue weighted by Gasteiger charge is 2.48. The second kappa shape index (κ2) is 5.24. The Labute approximate surface area is 150 Å². The molecule has 26 heavy (non-hydrogen) atoms. The number of nitrogens with one attached hydrogen (secondary N) is 1. The largest absolute Gasteiger partial charge is 0.464 e. The van der Waals surface area contributed by atoms with Gasteiger partial charge in [-0.05, 0) is 30.7 Å². The van der Waals surface area contributed by atoms with Gasteiger partial charge in [0.05, 0.1) is 12.2 Å². The van der Waals surface area contributed by atoms with Crippen molar-refractivity contribution in [2.24, 2.45) is 0 Å². The van der Waals surface area contributed by atoms with E-state index in [1.807, 2.05) is 37.3 Å². The summed E-state index contributed by atoms with van der Waals surface area (Å²) in [5.41, 5.74) is 3.05. The van der Waals surface area contributed by atoms with Crippen molar-refractivity contribution >= 4 is 22.7 Å². The van der Waals surface area contributed by atoms with Crippen LogP contribution in [0.1, 0.15) is 28.8 Å². The molecule has 0 saturated carbocycles. The van der Waals surface area contributed by atoms with Gasteiger partial charge in [-0.1, -0.05) is 18.2 Å². The third-order valence-electron chi connectivity index (χ3n) is 5.48. The third-order valence-corrected chi connectivity index (χ3v) is 5.48. The Bertz CT molecular complexity index is 1050. The number of nitrogens with zero attached hydrogens (tertiary/aromatic N) is 2. The highest BCUT2D eigenvalue weighted by atomic mass is 16.3. The number of aromatic amines is 1. The SMILES string of the molecule is Cc1ccc([C@@H]2c3[nH]c4ccccc4c3C[C@@H]3C(=O)N(C)CC(=O)N23)o1. The van der Waals surface area contributed by atoms with Gasteiger partial charge in [-0.2, -0.15) is 0 Å². The molecule has 3 aromatic rings. The molecule has 1 N–H and O–H groups in total. The maximum atomic E-state index is 12.9. The zero-order valence-electron chi connectivity index (χ0n) is 14.7. The van der Waals surface area contributed by atoms with Crippen LogP contribution in [0.5, 0.6) is 0 Å². The van der Waals surface area contributed by atoms with E-state index in [-0.39, 0.29) is 18.4 Å². The van der Waals surface area contributed by atoms with Gasteiger partial charge in [0.1, 0.15) is 23.6 Å². The average molecular weight is 349 g/mol. The first-order valence-electron chi connectivity index (χ1n) is 8.76. The summed E-state index contributed by atoms with van der Waals surface area (Å²) >= 11 is 0. The molecule has 1 aromatic carbocycles. The van der Waals surface area contributed by atoms with Crippen LogP contribution in [0.4, 0.5) is 0 Å². The number of H-pyrrole nitrogens is 1. The first-order chi connectivity index (χ1) is 12.5. The fourth-order valence-corrected chi connectivity index (χ4v) is 4.31. The van der Waals surface area contributed by atoms with Crippen molar-refractivity contribution in [2.75, 3.05) is 13.6 Å². The van der Waals surface area contributed by atoms with Crippen LogP contribution >= 0.6 is 0 Å². The molecule has 0 unspecified atom stereocenters. The molecule has 2 aliphatic heterocycles. The normalized spacial score (nSPS) is 22.7. The van der Waals surface area contributed by atoms with Crippen molar-refractivity contribution in [1.29, 1.82) is 0 Å². The molecule has 6 nitrogen and oxygen atoms in total. The summed E-state index contributed by atoms with van der Waals surface area (Å²) < 4.78 is 5.90. The molecule has 0 spiro atoms. The molecule has 132 valence electrons. The maximum Gasteiger partial charge on any atom is 0.245 e. The zero-order chi connectivity index (χ0) is 18.0. The summed E-state index contributed by atoms with van der Waals surface area (Å²) in [7, 11) is 1.69. The fourth-order valence-electron chi connectivity index (χ4n) is 4.31. The highest BCUT2D eigenvalue weighted by Crippen LogP contribution is 2.42. The molecule has 0 aliphatic carbocycles. The first-order valence-corrected chi connectivity index (χ1v) is 8.76. The van der Waals surface area contributed by atoms with Gasteiger partial charge in [-0.3, -0.25) is 9.59 Å². The number of fused-ring (bicyclic) bond motifs is 4. The molecule has 4 heterocycles. The van der Waals surface area contributed by atoms with E-state index in [1.165, 1.54) is 4.90 Å².